The van der Waals surface area contributed by atoms with Gasteiger partial charge >= 0.3 is 6.18 Å². The van der Waals surface area contributed by atoms with Crippen LogP contribution in [0, 0.1) is 0 Å². The first-order chi connectivity index (χ1) is 6.96. The molecule has 0 aliphatic heterocycles. The molecule has 2 nitrogen and oxygen atoms in total. The molecule has 2 aromatic rings. The third kappa shape index (κ3) is 2.06. The van der Waals surface area contributed by atoms with Crippen LogP contribution in [0.2, 0.25) is 0 Å². The van der Waals surface area contributed by atoms with Crippen molar-refractivity contribution in [1.29, 1.82) is 0 Å². The fraction of sp³-hybridized carbons (Fsp3) is 0.200. The molecule has 0 unspecified atom stereocenters. The van der Waals surface area contributed by atoms with E-state index in [-0.39, 0.29) is 0 Å². The Morgan fingerprint density at radius 2 is 1.93 bits per heavy atom. The van der Waals surface area contributed by atoms with Crippen molar-refractivity contribution in [2.75, 3.05) is 5.73 Å². The molecule has 0 amide bonds. The summed E-state index contributed by atoms with van der Waals surface area (Å²) in [6.07, 6.45) is -2.80. The minimum absolute atomic E-state index is 0.463. The first kappa shape index (κ1) is 9.89. The van der Waals surface area contributed by atoms with Crippen molar-refractivity contribution in [3.63, 3.8) is 0 Å². The molecule has 0 bridgehead atoms. The number of hydrogen-bond acceptors (Lipinski definition) is 1. The lowest BCUT2D eigenvalue weighted by atomic mass is 10.2. The van der Waals surface area contributed by atoms with Crippen molar-refractivity contribution >= 4 is 16.6 Å². The number of nitrogens with two attached hydrogens (primary N) is 1. The lowest BCUT2D eigenvalue weighted by Gasteiger charge is -2.09. The highest BCUT2D eigenvalue weighted by molar-refractivity contribution is 5.83. The second-order valence-corrected chi connectivity index (χ2v) is 3.38. The number of rotatable bonds is 1. The van der Waals surface area contributed by atoms with Gasteiger partial charge in [0.2, 0.25) is 0 Å². The second kappa shape index (κ2) is 3.18. The molecule has 1 aromatic heterocycles. The predicted octanol–water partition coefficient (Wildman–Crippen LogP) is 2.79. The summed E-state index contributed by atoms with van der Waals surface area (Å²) < 4.78 is 37.7. The van der Waals surface area contributed by atoms with Crippen LogP contribution in [-0.4, -0.2) is 10.7 Å². The van der Waals surface area contributed by atoms with Crippen LogP contribution in [0.15, 0.2) is 30.5 Å². The average molecular weight is 214 g/mol. The van der Waals surface area contributed by atoms with E-state index in [4.69, 9.17) is 5.73 Å². The number of alkyl halides is 3. The van der Waals surface area contributed by atoms with Gasteiger partial charge < -0.3 is 10.3 Å². The van der Waals surface area contributed by atoms with Crippen LogP contribution in [0.25, 0.3) is 10.9 Å². The van der Waals surface area contributed by atoms with E-state index in [1.807, 2.05) is 0 Å². The normalized spacial score (nSPS) is 12.2. The van der Waals surface area contributed by atoms with Gasteiger partial charge in [0.05, 0.1) is 5.52 Å². The van der Waals surface area contributed by atoms with Gasteiger partial charge in [-0.25, -0.2) is 0 Å². The first-order valence-electron chi connectivity index (χ1n) is 4.37. The van der Waals surface area contributed by atoms with Crippen LogP contribution in [-0.2, 0) is 6.54 Å². The molecule has 80 valence electrons. The standard InChI is InChI=1S/C10H9F3N2/c11-10(12,13)6-15-4-3-7-1-2-8(14)5-9(7)15/h1-5H,6,14H2. The van der Waals surface area contributed by atoms with E-state index < -0.39 is 12.7 Å². The lowest BCUT2D eigenvalue weighted by molar-refractivity contribution is -0.139. The summed E-state index contributed by atoms with van der Waals surface area (Å²) in [5.74, 6) is 0. The number of fused-ring (bicyclic) bond motifs is 1. The van der Waals surface area contributed by atoms with Gasteiger partial charge in [0.25, 0.3) is 0 Å². The zero-order valence-electron chi connectivity index (χ0n) is 7.75. The third-order valence-electron chi connectivity index (χ3n) is 2.15. The molecule has 0 atom stereocenters. The van der Waals surface area contributed by atoms with Gasteiger partial charge in [-0.1, -0.05) is 6.07 Å². The summed E-state index contributed by atoms with van der Waals surface area (Å²) in [6.45, 7) is -0.986. The summed E-state index contributed by atoms with van der Waals surface area (Å²) in [7, 11) is 0. The Labute approximate surface area is 84.1 Å². The number of hydrogen-bond donors (Lipinski definition) is 1. The number of halogens is 3. The first-order valence-corrected chi connectivity index (χ1v) is 4.37. The third-order valence-corrected chi connectivity index (χ3v) is 2.15. The Morgan fingerprint density at radius 1 is 1.20 bits per heavy atom. The van der Waals surface area contributed by atoms with Crippen molar-refractivity contribution in [2.24, 2.45) is 0 Å². The summed E-state index contributed by atoms with van der Waals surface area (Å²) in [5.41, 5.74) is 6.49. The molecule has 5 heteroatoms. The number of nitrogen functional groups attached to an aromatic ring is 1. The Morgan fingerprint density at radius 3 is 2.60 bits per heavy atom. The topological polar surface area (TPSA) is 30.9 Å². The minimum atomic E-state index is -4.21. The van der Waals surface area contributed by atoms with Crippen molar-refractivity contribution in [3.05, 3.63) is 30.5 Å². The van der Waals surface area contributed by atoms with Gasteiger partial charge in [-0.05, 0) is 23.6 Å². The molecular formula is C10H9F3N2. The summed E-state index contributed by atoms with van der Waals surface area (Å²) in [5, 5.41) is 0.758. The van der Waals surface area contributed by atoms with Crippen molar-refractivity contribution in [2.45, 2.75) is 12.7 Å². The monoisotopic (exact) mass is 214 g/mol. The molecule has 0 fully saturated rings. The Bertz CT molecular complexity index is 485. The molecule has 2 rings (SSSR count). The molecule has 0 saturated carbocycles. The highest BCUT2D eigenvalue weighted by Crippen LogP contribution is 2.23. The predicted molar refractivity (Wildman–Crippen MR) is 52.4 cm³/mol. The Hall–Kier alpha value is -1.65. The molecule has 0 aliphatic carbocycles. The van der Waals surface area contributed by atoms with E-state index >= 15 is 0 Å². The van der Waals surface area contributed by atoms with Crippen LogP contribution in [0.5, 0.6) is 0 Å². The van der Waals surface area contributed by atoms with Crippen LogP contribution >= 0.6 is 0 Å². The molecular weight excluding hydrogens is 205 g/mol. The minimum Gasteiger partial charge on any atom is -0.399 e. The average Bonchev–Trinajstić information content (AvgIpc) is 2.46. The Kier molecular flexibility index (Phi) is 2.10. The van der Waals surface area contributed by atoms with Crippen molar-refractivity contribution in [1.82, 2.24) is 4.57 Å². The Balaban J connectivity index is 2.48. The van der Waals surface area contributed by atoms with E-state index in [0.717, 1.165) is 9.95 Å². The van der Waals surface area contributed by atoms with E-state index in [1.54, 1.807) is 24.3 Å². The molecule has 1 heterocycles. The summed E-state index contributed by atoms with van der Waals surface area (Å²) in [4.78, 5) is 0. The van der Waals surface area contributed by atoms with E-state index in [2.05, 4.69) is 0 Å². The van der Waals surface area contributed by atoms with Gasteiger partial charge in [-0.2, -0.15) is 13.2 Å². The van der Waals surface area contributed by atoms with Gasteiger partial charge in [0.1, 0.15) is 6.54 Å². The van der Waals surface area contributed by atoms with Crippen LogP contribution in [0.1, 0.15) is 0 Å². The molecule has 0 spiro atoms. The number of benzene rings is 1. The van der Waals surface area contributed by atoms with E-state index in [1.165, 1.54) is 6.20 Å². The van der Waals surface area contributed by atoms with Crippen LogP contribution in [0.3, 0.4) is 0 Å². The molecule has 0 radical (unpaired) electrons. The maximum Gasteiger partial charge on any atom is 0.406 e. The summed E-state index contributed by atoms with van der Waals surface area (Å²) in [6, 6.07) is 6.55. The SMILES string of the molecule is Nc1ccc2ccn(CC(F)(F)F)c2c1. The maximum absolute atomic E-state index is 12.2. The van der Waals surface area contributed by atoms with Crippen LogP contribution < -0.4 is 5.73 Å². The fourth-order valence-corrected chi connectivity index (χ4v) is 1.53. The molecule has 2 N–H and O–H groups in total. The van der Waals surface area contributed by atoms with Gasteiger partial charge in [-0.15, -0.1) is 0 Å². The molecule has 15 heavy (non-hydrogen) atoms. The van der Waals surface area contributed by atoms with E-state index in [0.29, 0.717) is 11.2 Å². The van der Waals surface area contributed by atoms with Gasteiger partial charge in [-0.3, -0.25) is 0 Å². The quantitative estimate of drug-likeness (QED) is 0.727. The number of nitrogens with zero attached hydrogens (tertiary/aromatic N) is 1. The van der Waals surface area contributed by atoms with Crippen molar-refractivity contribution < 1.29 is 13.2 Å². The highest BCUT2D eigenvalue weighted by atomic mass is 19.4. The van der Waals surface area contributed by atoms with Crippen molar-refractivity contribution in [3.8, 4) is 0 Å². The summed E-state index contributed by atoms with van der Waals surface area (Å²) >= 11 is 0. The zero-order valence-corrected chi connectivity index (χ0v) is 7.75. The number of anilines is 1. The van der Waals surface area contributed by atoms with E-state index in [9.17, 15) is 13.2 Å². The number of aromatic nitrogens is 1. The molecule has 0 aliphatic rings. The molecule has 1 aromatic carbocycles. The fourth-order valence-electron chi connectivity index (χ4n) is 1.53. The lowest BCUT2D eigenvalue weighted by Crippen LogP contribution is -2.16. The smallest absolute Gasteiger partial charge is 0.399 e. The second-order valence-electron chi connectivity index (χ2n) is 3.38. The maximum atomic E-state index is 12.2. The van der Waals surface area contributed by atoms with Crippen LogP contribution in [0.4, 0.5) is 18.9 Å². The zero-order chi connectivity index (χ0) is 11.1. The molecule has 0 saturated heterocycles. The van der Waals surface area contributed by atoms with Gasteiger partial charge in [0.15, 0.2) is 0 Å². The highest BCUT2D eigenvalue weighted by Gasteiger charge is 2.28. The van der Waals surface area contributed by atoms with Gasteiger partial charge in [0, 0.05) is 11.9 Å². The largest absolute Gasteiger partial charge is 0.406 e.